The van der Waals surface area contributed by atoms with E-state index in [1.807, 2.05) is 18.2 Å². The highest BCUT2D eigenvalue weighted by Gasteiger charge is 2.25. The van der Waals surface area contributed by atoms with Crippen molar-refractivity contribution in [1.82, 2.24) is 0 Å². The van der Waals surface area contributed by atoms with E-state index in [1.165, 1.54) is 11.1 Å². The maximum Gasteiger partial charge on any atom is 0.00280 e. The number of hydrogen-bond acceptors (Lipinski definition) is 0. The van der Waals surface area contributed by atoms with Crippen molar-refractivity contribution in [3.8, 4) is 0 Å². The predicted molar refractivity (Wildman–Crippen MR) is 78.4 cm³/mol. The monoisotopic (exact) mass is 235 g/mol. The lowest BCUT2D eigenvalue weighted by Gasteiger charge is -2.29. The minimum atomic E-state index is -0.121. The van der Waals surface area contributed by atoms with E-state index < -0.39 is 0 Å². The molecule has 0 heterocycles. The van der Waals surface area contributed by atoms with Crippen molar-refractivity contribution < 1.29 is 0 Å². The summed E-state index contributed by atoms with van der Waals surface area (Å²) in [6, 6.07) is 21.0. The second-order valence-corrected chi connectivity index (χ2v) is 4.80. The molecule has 2 aromatic rings. The van der Waals surface area contributed by atoms with Crippen molar-refractivity contribution in [2.45, 2.75) is 18.3 Å². The predicted octanol–water partition coefficient (Wildman–Crippen LogP) is 4.58. The van der Waals surface area contributed by atoms with Gasteiger partial charge < -0.3 is 0 Å². The highest BCUT2D eigenvalue weighted by Crippen LogP contribution is 2.31. The number of benzene rings is 2. The SMILES string of the molecule is [CH2]C(CC=C)(Cc1ccccc1)c1ccccc1. The van der Waals surface area contributed by atoms with Gasteiger partial charge in [-0.2, -0.15) is 0 Å². The smallest absolute Gasteiger partial charge is 0.00280 e. The molecule has 0 aromatic heterocycles. The van der Waals surface area contributed by atoms with Crippen LogP contribution in [0.4, 0.5) is 0 Å². The summed E-state index contributed by atoms with van der Waals surface area (Å²) in [6.45, 7) is 8.33. The first kappa shape index (κ1) is 12.6. The Bertz CT molecular complexity index is 484. The Morgan fingerprint density at radius 2 is 1.44 bits per heavy atom. The van der Waals surface area contributed by atoms with E-state index in [1.54, 1.807) is 0 Å². The summed E-state index contributed by atoms with van der Waals surface area (Å²) in [4.78, 5) is 0. The molecule has 0 N–H and O–H groups in total. The Hall–Kier alpha value is -1.82. The fourth-order valence-electron chi connectivity index (χ4n) is 2.35. The zero-order valence-electron chi connectivity index (χ0n) is 10.7. The number of hydrogen-bond donors (Lipinski definition) is 0. The summed E-state index contributed by atoms with van der Waals surface area (Å²) in [5.74, 6) is 0. The Balaban J connectivity index is 2.30. The van der Waals surface area contributed by atoms with E-state index in [2.05, 4.69) is 62.0 Å². The molecule has 0 amide bonds. The number of allylic oxidation sites excluding steroid dienone is 1. The maximum absolute atomic E-state index is 4.45. The standard InChI is InChI=1S/C18H19/c1-3-14-18(2,17-12-8-5-9-13-17)15-16-10-6-4-7-11-16/h3-13H,1-2,14-15H2. The Morgan fingerprint density at radius 3 is 2.00 bits per heavy atom. The third kappa shape index (κ3) is 2.89. The van der Waals surface area contributed by atoms with E-state index >= 15 is 0 Å². The van der Waals surface area contributed by atoms with Crippen LogP contribution in [-0.4, -0.2) is 0 Å². The van der Waals surface area contributed by atoms with Gasteiger partial charge in [0.15, 0.2) is 0 Å². The molecule has 0 fully saturated rings. The van der Waals surface area contributed by atoms with Crippen LogP contribution in [0.15, 0.2) is 73.3 Å². The van der Waals surface area contributed by atoms with Crippen LogP contribution < -0.4 is 0 Å². The Labute approximate surface area is 110 Å². The lowest BCUT2D eigenvalue weighted by Crippen LogP contribution is -2.24. The van der Waals surface area contributed by atoms with Crippen LogP contribution in [0.3, 0.4) is 0 Å². The van der Waals surface area contributed by atoms with Gasteiger partial charge in [0.2, 0.25) is 0 Å². The minimum Gasteiger partial charge on any atom is -0.103 e. The molecule has 0 saturated carbocycles. The highest BCUT2D eigenvalue weighted by atomic mass is 14.3. The van der Waals surface area contributed by atoms with Gasteiger partial charge in [0, 0.05) is 5.41 Å². The van der Waals surface area contributed by atoms with Crippen LogP contribution in [-0.2, 0) is 11.8 Å². The van der Waals surface area contributed by atoms with Gasteiger partial charge in [-0.25, -0.2) is 0 Å². The summed E-state index contributed by atoms with van der Waals surface area (Å²) in [7, 11) is 0. The van der Waals surface area contributed by atoms with Crippen LogP contribution in [0.25, 0.3) is 0 Å². The van der Waals surface area contributed by atoms with E-state index in [4.69, 9.17) is 0 Å². The zero-order valence-corrected chi connectivity index (χ0v) is 10.7. The van der Waals surface area contributed by atoms with Crippen molar-refractivity contribution in [3.63, 3.8) is 0 Å². The first-order valence-electron chi connectivity index (χ1n) is 6.30. The van der Waals surface area contributed by atoms with Crippen molar-refractivity contribution in [3.05, 3.63) is 91.4 Å². The van der Waals surface area contributed by atoms with Crippen LogP contribution in [0.5, 0.6) is 0 Å². The summed E-state index contributed by atoms with van der Waals surface area (Å²) in [5.41, 5.74) is 2.47. The highest BCUT2D eigenvalue weighted by molar-refractivity contribution is 5.31. The van der Waals surface area contributed by atoms with Gasteiger partial charge in [0.05, 0.1) is 0 Å². The zero-order chi connectivity index (χ0) is 12.8. The van der Waals surface area contributed by atoms with Crippen molar-refractivity contribution in [1.29, 1.82) is 0 Å². The second kappa shape index (κ2) is 5.68. The fraction of sp³-hybridized carbons (Fsp3) is 0.167. The normalized spacial score (nSPS) is 13.8. The summed E-state index contributed by atoms with van der Waals surface area (Å²) in [5, 5.41) is 0. The van der Waals surface area contributed by atoms with Gasteiger partial charge in [-0.1, -0.05) is 66.7 Å². The molecular formula is C18H19. The van der Waals surface area contributed by atoms with E-state index in [0.717, 1.165) is 12.8 Å². The molecule has 0 saturated heterocycles. The average Bonchev–Trinajstić information content (AvgIpc) is 2.41. The topological polar surface area (TPSA) is 0 Å². The molecule has 0 aliphatic rings. The average molecular weight is 235 g/mol. The molecular weight excluding hydrogens is 216 g/mol. The quantitative estimate of drug-likeness (QED) is 0.666. The van der Waals surface area contributed by atoms with Gasteiger partial charge in [0.25, 0.3) is 0 Å². The van der Waals surface area contributed by atoms with Crippen molar-refractivity contribution in [2.75, 3.05) is 0 Å². The molecule has 0 aliphatic heterocycles. The van der Waals surface area contributed by atoms with Gasteiger partial charge in [-0.05, 0) is 30.9 Å². The lowest BCUT2D eigenvalue weighted by atomic mass is 9.75. The van der Waals surface area contributed by atoms with E-state index in [9.17, 15) is 0 Å². The van der Waals surface area contributed by atoms with Gasteiger partial charge >= 0.3 is 0 Å². The van der Waals surface area contributed by atoms with Crippen LogP contribution in [0, 0.1) is 6.92 Å². The van der Waals surface area contributed by atoms with Crippen molar-refractivity contribution in [2.24, 2.45) is 0 Å². The molecule has 18 heavy (non-hydrogen) atoms. The Morgan fingerprint density at radius 1 is 0.889 bits per heavy atom. The molecule has 0 nitrogen and oxygen atoms in total. The lowest BCUT2D eigenvalue weighted by molar-refractivity contribution is 0.534. The molecule has 1 atom stereocenters. The van der Waals surface area contributed by atoms with Crippen molar-refractivity contribution >= 4 is 0 Å². The molecule has 91 valence electrons. The fourth-order valence-corrected chi connectivity index (χ4v) is 2.35. The molecule has 0 bridgehead atoms. The first-order chi connectivity index (χ1) is 8.74. The van der Waals surface area contributed by atoms with Crippen LogP contribution in [0.2, 0.25) is 0 Å². The van der Waals surface area contributed by atoms with Gasteiger partial charge in [-0.3, -0.25) is 0 Å². The summed E-state index contributed by atoms with van der Waals surface area (Å²) >= 11 is 0. The summed E-state index contributed by atoms with van der Waals surface area (Å²) < 4.78 is 0. The third-order valence-corrected chi connectivity index (χ3v) is 3.31. The third-order valence-electron chi connectivity index (χ3n) is 3.31. The van der Waals surface area contributed by atoms with Gasteiger partial charge in [-0.15, -0.1) is 6.58 Å². The molecule has 2 rings (SSSR count). The van der Waals surface area contributed by atoms with Gasteiger partial charge in [0.1, 0.15) is 0 Å². The first-order valence-corrected chi connectivity index (χ1v) is 6.30. The van der Waals surface area contributed by atoms with E-state index in [-0.39, 0.29) is 5.41 Å². The largest absolute Gasteiger partial charge is 0.103 e. The van der Waals surface area contributed by atoms with E-state index in [0.29, 0.717) is 0 Å². The maximum atomic E-state index is 4.45. The van der Waals surface area contributed by atoms with Crippen LogP contribution in [0.1, 0.15) is 17.5 Å². The molecule has 1 unspecified atom stereocenters. The molecule has 1 radical (unpaired) electrons. The molecule has 0 aliphatic carbocycles. The number of rotatable bonds is 5. The molecule has 0 spiro atoms. The second-order valence-electron chi connectivity index (χ2n) is 4.80. The molecule has 0 heteroatoms. The van der Waals surface area contributed by atoms with Crippen LogP contribution >= 0.6 is 0 Å². The molecule has 2 aromatic carbocycles. The summed E-state index contributed by atoms with van der Waals surface area (Å²) in [6.07, 6.45) is 3.78. The minimum absolute atomic E-state index is 0.121. The Kier molecular flexibility index (Phi) is 3.99.